The van der Waals surface area contributed by atoms with E-state index in [1.165, 1.54) is 19.1 Å². The highest BCUT2D eigenvalue weighted by Gasteiger charge is 2.25. The zero-order valence-corrected chi connectivity index (χ0v) is 11.5. The van der Waals surface area contributed by atoms with Crippen LogP contribution in [0.5, 0.6) is 11.5 Å². The standard InChI is InChI=1S/C14H19NO5/c1-8(9(2)14(19)20)13(18)15-6-5-10-3-4-11(16)12(17)7-10/h3-4,7-9,16-17H,5-6H2,1-2H3,(H,15,18)(H,19,20). The summed E-state index contributed by atoms with van der Waals surface area (Å²) in [7, 11) is 0. The third-order valence-electron chi connectivity index (χ3n) is 3.31. The highest BCUT2D eigenvalue weighted by Crippen LogP contribution is 2.24. The molecule has 1 aromatic rings. The Morgan fingerprint density at radius 2 is 1.80 bits per heavy atom. The number of amides is 1. The van der Waals surface area contributed by atoms with Crippen LogP contribution in [-0.2, 0) is 16.0 Å². The summed E-state index contributed by atoms with van der Waals surface area (Å²) < 4.78 is 0. The number of carboxylic acids is 1. The third-order valence-corrected chi connectivity index (χ3v) is 3.31. The number of aliphatic carboxylic acids is 1. The number of phenols is 2. The maximum Gasteiger partial charge on any atom is 0.307 e. The van der Waals surface area contributed by atoms with E-state index < -0.39 is 17.8 Å². The maximum atomic E-state index is 11.7. The second-order valence-corrected chi connectivity index (χ2v) is 4.78. The highest BCUT2D eigenvalue weighted by atomic mass is 16.4. The van der Waals surface area contributed by atoms with Gasteiger partial charge in [0.25, 0.3) is 0 Å². The monoisotopic (exact) mass is 281 g/mol. The Morgan fingerprint density at radius 1 is 1.15 bits per heavy atom. The van der Waals surface area contributed by atoms with E-state index in [0.717, 1.165) is 5.56 Å². The van der Waals surface area contributed by atoms with Crippen LogP contribution in [0, 0.1) is 11.8 Å². The maximum absolute atomic E-state index is 11.7. The molecule has 2 atom stereocenters. The van der Waals surface area contributed by atoms with Crippen molar-refractivity contribution >= 4 is 11.9 Å². The molecule has 0 saturated carbocycles. The van der Waals surface area contributed by atoms with Gasteiger partial charge in [-0.3, -0.25) is 9.59 Å². The number of phenolic OH excluding ortho intramolecular Hbond substituents is 2. The first-order valence-electron chi connectivity index (χ1n) is 6.34. The van der Waals surface area contributed by atoms with Crippen molar-refractivity contribution in [2.24, 2.45) is 11.8 Å². The fourth-order valence-corrected chi connectivity index (χ4v) is 1.66. The lowest BCUT2D eigenvalue weighted by Gasteiger charge is -2.15. The minimum Gasteiger partial charge on any atom is -0.504 e. The van der Waals surface area contributed by atoms with Crippen LogP contribution in [-0.4, -0.2) is 33.7 Å². The second kappa shape index (κ2) is 6.79. The number of hydrogen-bond donors (Lipinski definition) is 4. The quantitative estimate of drug-likeness (QED) is 0.584. The Labute approximate surface area is 117 Å². The highest BCUT2D eigenvalue weighted by molar-refractivity contribution is 5.84. The summed E-state index contributed by atoms with van der Waals surface area (Å²) in [5.74, 6) is -3.07. The molecular formula is C14H19NO5. The van der Waals surface area contributed by atoms with Gasteiger partial charge in [0.2, 0.25) is 5.91 Å². The Kier molecular flexibility index (Phi) is 5.37. The number of carboxylic acid groups (broad SMARTS) is 1. The number of carbonyl (C=O) groups is 2. The summed E-state index contributed by atoms with van der Waals surface area (Å²) in [5, 5.41) is 30.0. The van der Waals surface area contributed by atoms with Crippen LogP contribution in [0.2, 0.25) is 0 Å². The van der Waals surface area contributed by atoms with Gasteiger partial charge in [-0.1, -0.05) is 19.9 Å². The average molecular weight is 281 g/mol. The summed E-state index contributed by atoms with van der Waals surface area (Å²) in [5.41, 5.74) is 0.763. The number of aromatic hydroxyl groups is 2. The van der Waals surface area contributed by atoms with E-state index in [-0.39, 0.29) is 17.4 Å². The molecule has 0 aliphatic heterocycles. The molecule has 0 aliphatic carbocycles. The van der Waals surface area contributed by atoms with Crippen LogP contribution < -0.4 is 5.32 Å². The molecule has 20 heavy (non-hydrogen) atoms. The summed E-state index contributed by atoms with van der Waals surface area (Å²) in [6.45, 7) is 3.39. The van der Waals surface area contributed by atoms with Crippen molar-refractivity contribution in [1.29, 1.82) is 0 Å². The molecule has 1 aromatic carbocycles. The lowest BCUT2D eigenvalue weighted by Crippen LogP contribution is -2.36. The zero-order chi connectivity index (χ0) is 15.3. The van der Waals surface area contributed by atoms with E-state index in [1.54, 1.807) is 13.0 Å². The van der Waals surface area contributed by atoms with E-state index in [0.29, 0.717) is 13.0 Å². The number of carbonyl (C=O) groups excluding carboxylic acids is 1. The van der Waals surface area contributed by atoms with E-state index >= 15 is 0 Å². The van der Waals surface area contributed by atoms with Crippen LogP contribution >= 0.6 is 0 Å². The average Bonchev–Trinajstić information content (AvgIpc) is 2.40. The van der Waals surface area contributed by atoms with Crippen LogP contribution in [0.1, 0.15) is 19.4 Å². The molecule has 6 nitrogen and oxygen atoms in total. The number of nitrogens with one attached hydrogen (secondary N) is 1. The summed E-state index contributed by atoms with van der Waals surface area (Å²) in [6, 6.07) is 4.44. The van der Waals surface area contributed by atoms with Crippen LogP contribution in [0.3, 0.4) is 0 Å². The summed E-state index contributed by atoms with van der Waals surface area (Å²) in [4.78, 5) is 22.5. The van der Waals surface area contributed by atoms with Gasteiger partial charge in [-0.25, -0.2) is 0 Å². The summed E-state index contributed by atoms with van der Waals surface area (Å²) in [6.07, 6.45) is 0.480. The predicted octanol–water partition coefficient (Wildman–Crippen LogP) is 1.11. The van der Waals surface area contributed by atoms with Crippen molar-refractivity contribution in [1.82, 2.24) is 5.32 Å². The van der Waals surface area contributed by atoms with Crippen molar-refractivity contribution in [3.05, 3.63) is 23.8 Å². The van der Waals surface area contributed by atoms with Gasteiger partial charge in [0.1, 0.15) is 0 Å². The third kappa shape index (κ3) is 4.15. The molecule has 1 rings (SSSR count). The molecule has 0 heterocycles. The van der Waals surface area contributed by atoms with Crippen LogP contribution in [0.4, 0.5) is 0 Å². The first-order valence-corrected chi connectivity index (χ1v) is 6.34. The first kappa shape index (κ1) is 15.8. The van der Waals surface area contributed by atoms with Gasteiger partial charge < -0.3 is 20.6 Å². The molecule has 0 bridgehead atoms. The molecule has 0 saturated heterocycles. The van der Waals surface area contributed by atoms with Crippen molar-refractivity contribution < 1.29 is 24.9 Å². The summed E-state index contributed by atoms with van der Waals surface area (Å²) >= 11 is 0. The second-order valence-electron chi connectivity index (χ2n) is 4.78. The van der Waals surface area contributed by atoms with Gasteiger partial charge >= 0.3 is 5.97 Å². The van der Waals surface area contributed by atoms with E-state index in [4.69, 9.17) is 10.2 Å². The molecule has 0 radical (unpaired) electrons. The minimum atomic E-state index is -1.00. The fourth-order valence-electron chi connectivity index (χ4n) is 1.66. The zero-order valence-electron chi connectivity index (χ0n) is 11.5. The molecule has 110 valence electrons. The Bertz CT molecular complexity index is 500. The predicted molar refractivity (Wildman–Crippen MR) is 72.4 cm³/mol. The van der Waals surface area contributed by atoms with Crippen molar-refractivity contribution in [3.63, 3.8) is 0 Å². The number of rotatable bonds is 6. The molecule has 0 fully saturated rings. The van der Waals surface area contributed by atoms with Crippen molar-refractivity contribution in [2.45, 2.75) is 20.3 Å². The SMILES string of the molecule is CC(C(=O)O)C(C)C(=O)NCCc1ccc(O)c(O)c1. The number of benzene rings is 1. The Balaban J connectivity index is 2.45. The van der Waals surface area contributed by atoms with Crippen LogP contribution in [0.15, 0.2) is 18.2 Å². The topological polar surface area (TPSA) is 107 Å². The molecule has 0 aromatic heterocycles. The smallest absolute Gasteiger partial charge is 0.307 e. The fraction of sp³-hybridized carbons (Fsp3) is 0.429. The molecule has 2 unspecified atom stereocenters. The van der Waals surface area contributed by atoms with Gasteiger partial charge in [-0.15, -0.1) is 0 Å². The largest absolute Gasteiger partial charge is 0.504 e. The Hall–Kier alpha value is -2.24. The van der Waals surface area contributed by atoms with E-state index in [1.807, 2.05) is 0 Å². The molecular weight excluding hydrogens is 262 g/mol. The van der Waals surface area contributed by atoms with Gasteiger partial charge in [0.05, 0.1) is 5.92 Å². The molecule has 0 spiro atoms. The number of hydrogen-bond acceptors (Lipinski definition) is 4. The first-order chi connectivity index (χ1) is 9.32. The van der Waals surface area contributed by atoms with E-state index in [9.17, 15) is 14.7 Å². The Morgan fingerprint density at radius 3 is 2.35 bits per heavy atom. The van der Waals surface area contributed by atoms with Crippen molar-refractivity contribution in [2.75, 3.05) is 6.54 Å². The molecule has 1 amide bonds. The lowest BCUT2D eigenvalue weighted by atomic mass is 9.95. The molecule has 0 aliphatic rings. The minimum absolute atomic E-state index is 0.193. The van der Waals surface area contributed by atoms with Gasteiger partial charge in [-0.05, 0) is 24.1 Å². The van der Waals surface area contributed by atoms with Crippen molar-refractivity contribution in [3.8, 4) is 11.5 Å². The molecule has 4 N–H and O–H groups in total. The normalized spacial score (nSPS) is 13.5. The lowest BCUT2D eigenvalue weighted by molar-refractivity contribution is -0.146. The molecule has 6 heteroatoms. The van der Waals surface area contributed by atoms with Crippen LogP contribution in [0.25, 0.3) is 0 Å². The van der Waals surface area contributed by atoms with Gasteiger partial charge in [0, 0.05) is 12.5 Å². The van der Waals surface area contributed by atoms with E-state index in [2.05, 4.69) is 5.32 Å². The van der Waals surface area contributed by atoms with Gasteiger partial charge in [0.15, 0.2) is 11.5 Å². The van der Waals surface area contributed by atoms with Gasteiger partial charge in [-0.2, -0.15) is 0 Å².